The van der Waals surface area contributed by atoms with Gasteiger partial charge in [-0.2, -0.15) is 5.10 Å². The molecule has 220 valence electrons. The van der Waals surface area contributed by atoms with Gasteiger partial charge in [0.25, 0.3) is 5.88 Å². The molecule has 1 amide bonds. The highest BCUT2D eigenvalue weighted by atomic mass is 19.1. The van der Waals surface area contributed by atoms with Gasteiger partial charge >= 0.3 is 12.1 Å². The van der Waals surface area contributed by atoms with Crippen LogP contribution < -0.4 is 10.1 Å². The Morgan fingerprint density at radius 2 is 1.83 bits per heavy atom. The zero-order valence-electron chi connectivity index (χ0n) is 24.3. The lowest BCUT2D eigenvalue weighted by Crippen LogP contribution is -2.41. The first-order valence-corrected chi connectivity index (χ1v) is 13.5. The highest BCUT2D eigenvalue weighted by molar-refractivity contribution is 5.73. The van der Waals surface area contributed by atoms with Crippen molar-refractivity contribution in [3.8, 4) is 34.1 Å². The normalized spacial score (nSPS) is 12.0. The maximum atomic E-state index is 14.7. The van der Waals surface area contributed by atoms with E-state index in [1.54, 1.807) is 76.0 Å². The summed E-state index contributed by atoms with van der Waals surface area (Å²) < 4.78 is 32.5. The highest BCUT2D eigenvalue weighted by Crippen LogP contribution is 2.28. The van der Waals surface area contributed by atoms with Crippen LogP contribution in [0.15, 0.2) is 67.0 Å². The Morgan fingerprint density at radius 3 is 2.48 bits per heavy atom. The smallest absolute Gasteiger partial charge is 0.407 e. The van der Waals surface area contributed by atoms with Crippen molar-refractivity contribution in [1.29, 1.82) is 0 Å². The van der Waals surface area contributed by atoms with Crippen molar-refractivity contribution in [2.24, 2.45) is 7.05 Å². The van der Waals surface area contributed by atoms with E-state index in [1.807, 2.05) is 18.2 Å². The lowest BCUT2D eigenvalue weighted by atomic mass is 10.1. The Bertz CT molecular complexity index is 1530. The lowest BCUT2D eigenvalue weighted by Gasteiger charge is -2.23. The molecule has 0 aliphatic heterocycles. The third-order valence-electron chi connectivity index (χ3n) is 5.99. The van der Waals surface area contributed by atoms with Crippen molar-refractivity contribution in [1.82, 2.24) is 25.1 Å². The zero-order chi connectivity index (χ0) is 30.3. The molecule has 11 heteroatoms. The van der Waals surface area contributed by atoms with Gasteiger partial charge in [0.1, 0.15) is 11.4 Å². The summed E-state index contributed by atoms with van der Waals surface area (Å²) in [5.41, 5.74) is 2.78. The topological polar surface area (TPSA) is 117 Å². The van der Waals surface area contributed by atoms with Gasteiger partial charge in [-0.15, -0.1) is 0 Å². The van der Waals surface area contributed by atoms with Crippen LogP contribution >= 0.6 is 0 Å². The summed E-state index contributed by atoms with van der Waals surface area (Å²) in [7, 11) is 1.77. The van der Waals surface area contributed by atoms with Crippen molar-refractivity contribution in [2.75, 3.05) is 6.61 Å². The summed E-state index contributed by atoms with van der Waals surface area (Å²) >= 11 is 0. The van der Waals surface area contributed by atoms with E-state index in [-0.39, 0.29) is 25.3 Å². The van der Waals surface area contributed by atoms with E-state index in [4.69, 9.17) is 19.2 Å². The van der Waals surface area contributed by atoms with E-state index < -0.39 is 29.5 Å². The van der Waals surface area contributed by atoms with Gasteiger partial charge in [-0.05, 0) is 76.2 Å². The summed E-state index contributed by atoms with van der Waals surface area (Å²) in [6.45, 7) is 7.26. The van der Waals surface area contributed by atoms with Crippen LogP contribution in [0.25, 0.3) is 22.5 Å². The van der Waals surface area contributed by atoms with E-state index >= 15 is 0 Å². The minimum atomic E-state index is -0.683. The average molecular weight is 576 g/mol. The molecule has 0 fully saturated rings. The Morgan fingerprint density at radius 1 is 1.07 bits per heavy atom. The molecule has 0 radical (unpaired) electrons. The van der Waals surface area contributed by atoms with Gasteiger partial charge in [0.2, 0.25) is 0 Å². The first-order valence-electron chi connectivity index (χ1n) is 13.5. The van der Waals surface area contributed by atoms with E-state index in [9.17, 15) is 14.0 Å². The molecular weight excluding hydrogens is 541 g/mol. The molecule has 4 rings (SSSR count). The monoisotopic (exact) mass is 575 g/mol. The molecule has 4 aromatic rings. The Kier molecular flexibility index (Phi) is 9.51. The molecule has 0 spiro atoms. The molecule has 3 aromatic heterocycles. The number of benzene rings is 1. The average Bonchev–Trinajstić information content (AvgIpc) is 3.35. The standard InChI is InChI=1S/C31H34FN5O5/c1-6-40-28(38)18-23(36-30(39)42-31(2,3)4)17-22-8-7-9-26(35-22)20-10-12-24(13-11-20)41-29-25(32)16-21(19-33-29)27-14-15-34-37(27)5/h7-16,19,23H,6,17-18H2,1-5H3,(H,36,39). The number of carbonyl (C=O) groups is 2. The number of aromatic nitrogens is 4. The summed E-state index contributed by atoms with van der Waals surface area (Å²) in [6, 6.07) is 15.1. The predicted molar refractivity (Wildman–Crippen MR) is 154 cm³/mol. The molecular formula is C31H34FN5O5. The Balaban J connectivity index is 1.45. The number of rotatable bonds is 10. The van der Waals surface area contributed by atoms with Crippen molar-refractivity contribution in [2.45, 2.75) is 52.2 Å². The molecule has 3 heterocycles. The van der Waals surface area contributed by atoms with Crippen LogP contribution in [-0.2, 0) is 27.7 Å². The van der Waals surface area contributed by atoms with Crippen molar-refractivity contribution in [3.63, 3.8) is 0 Å². The fourth-order valence-corrected chi connectivity index (χ4v) is 4.18. The van der Waals surface area contributed by atoms with Crippen LogP contribution in [0.2, 0.25) is 0 Å². The second kappa shape index (κ2) is 13.2. The van der Waals surface area contributed by atoms with Gasteiger partial charge in [-0.1, -0.05) is 6.07 Å². The van der Waals surface area contributed by atoms with E-state index in [0.29, 0.717) is 22.7 Å². The summed E-state index contributed by atoms with van der Waals surface area (Å²) in [5, 5.41) is 6.86. The Labute approximate surface area is 243 Å². The molecule has 0 aliphatic carbocycles. The summed E-state index contributed by atoms with van der Waals surface area (Å²) in [6.07, 6.45) is 2.80. The zero-order valence-corrected chi connectivity index (χ0v) is 24.3. The summed E-state index contributed by atoms with van der Waals surface area (Å²) in [5.74, 6) is -0.753. The van der Waals surface area contributed by atoms with E-state index in [2.05, 4.69) is 15.4 Å². The first kappa shape index (κ1) is 30.2. The molecule has 1 atom stereocenters. The lowest BCUT2D eigenvalue weighted by molar-refractivity contribution is -0.143. The van der Waals surface area contributed by atoms with Gasteiger partial charge in [0, 0.05) is 48.7 Å². The van der Waals surface area contributed by atoms with Crippen LogP contribution in [0.1, 0.15) is 39.8 Å². The SMILES string of the molecule is CCOC(=O)CC(Cc1cccc(-c2ccc(Oc3ncc(-c4ccnn4C)cc3F)cc2)n1)NC(=O)OC(C)(C)C. The number of halogens is 1. The number of nitrogens with zero attached hydrogens (tertiary/aromatic N) is 4. The first-order chi connectivity index (χ1) is 20.0. The minimum Gasteiger partial charge on any atom is -0.466 e. The van der Waals surface area contributed by atoms with Crippen LogP contribution in [0, 0.1) is 5.82 Å². The number of nitrogens with one attached hydrogen (secondary N) is 1. The predicted octanol–water partition coefficient (Wildman–Crippen LogP) is 5.86. The summed E-state index contributed by atoms with van der Waals surface area (Å²) in [4.78, 5) is 33.5. The van der Waals surface area contributed by atoms with Crippen LogP contribution in [-0.4, -0.2) is 50.1 Å². The molecule has 0 bridgehead atoms. The molecule has 0 saturated heterocycles. The largest absolute Gasteiger partial charge is 0.466 e. The fourth-order valence-electron chi connectivity index (χ4n) is 4.18. The minimum absolute atomic E-state index is 0.0291. The van der Waals surface area contributed by atoms with E-state index in [1.165, 1.54) is 12.3 Å². The van der Waals surface area contributed by atoms with Crippen molar-refractivity contribution >= 4 is 12.1 Å². The highest BCUT2D eigenvalue weighted by Gasteiger charge is 2.23. The molecule has 1 unspecified atom stereocenters. The molecule has 1 N–H and O–H groups in total. The van der Waals surface area contributed by atoms with Crippen molar-refractivity contribution < 1.29 is 28.2 Å². The fraction of sp³-hybridized carbons (Fsp3) is 0.323. The number of ether oxygens (including phenoxy) is 3. The number of hydrogen-bond donors (Lipinski definition) is 1. The van der Waals surface area contributed by atoms with Gasteiger partial charge in [-0.3, -0.25) is 14.5 Å². The van der Waals surface area contributed by atoms with Gasteiger partial charge in [-0.25, -0.2) is 14.2 Å². The molecule has 42 heavy (non-hydrogen) atoms. The van der Waals surface area contributed by atoms with Crippen LogP contribution in [0.3, 0.4) is 0 Å². The van der Waals surface area contributed by atoms with Crippen molar-refractivity contribution in [3.05, 3.63) is 78.5 Å². The number of hydrogen-bond acceptors (Lipinski definition) is 8. The quantitative estimate of drug-likeness (QED) is 0.234. The second-order valence-electron chi connectivity index (χ2n) is 10.5. The third kappa shape index (κ3) is 8.35. The van der Waals surface area contributed by atoms with Crippen LogP contribution in [0.4, 0.5) is 9.18 Å². The number of carbonyl (C=O) groups excluding carboxylic acids is 2. The molecule has 0 saturated carbocycles. The third-order valence-corrected chi connectivity index (χ3v) is 5.99. The van der Waals surface area contributed by atoms with Crippen LogP contribution in [0.5, 0.6) is 11.6 Å². The maximum absolute atomic E-state index is 14.7. The number of alkyl carbamates (subject to hydrolysis) is 1. The number of pyridine rings is 2. The van der Waals surface area contributed by atoms with E-state index in [0.717, 1.165) is 11.3 Å². The Hall–Kier alpha value is -4.80. The molecule has 10 nitrogen and oxygen atoms in total. The van der Waals surface area contributed by atoms with Gasteiger partial charge in [0.15, 0.2) is 5.82 Å². The molecule has 0 aliphatic rings. The number of esters is 1. The second-order valence-corrected chi connectivity index (χ2v) is 10.5. The van der Waals surface area contributed by atoms with Gasteiger partial charge < -0.3 is 19.5 Å². The molecule has 1 aromatic carbocycles. The number of aryl methyl sites for hydroxylation is 1. The van der Waals surface area contributed by atoms with Gasteiger partial charge in [0.05, 0.1) is 24.4 Å². The number of amides is 1. The maximum Gasteiger partial charge on any atom is 0.407 e.